The van der Waals surface area contributed by atoms with Gasteiger partial charge in [0.15, 0.2) is 0 Å². The van der Waals surface area contributed by atoms with E-state index in [0.29, 0.717) is 0 Å². The molecule has 0 aliphatic rings. The Balaban J connectivity index is 1.72. The van der Waals surface area contributed by atoms with Crippen molar-refractivity contribution in [1.82, 2.24) is 4.98 Å². The van der Waals surface area contributed by atoms with Gasteiger partial charge in [0.05, 0.1) is 0 Å². The highest BCUT2D eigenvalue weighted by molar-refractivity contribution is 6.04. The lowest BCUT2D eigenvalue weighted by molar-refractivity contribution is 1.04. The Bertz CT molecular complexity index is 1340. The maximum atomic E-state index is 4.45. The van der Waals surface area contributed by atoms with Crippen LogP contribution in [0.4, 0.5) is 0 Å². The second-order valence-corrected chi connectivity index (χ2v) is 8.31. The highest BCUT2D eigenvalue weighted by Crippen LogP contribution is 2.37. The molecule has 34 heavy (non-hydrogen) atoms. The molecule has 0 aliphatic carbocycles. The first-order chi connectivity index (χ1) is 16.8. The van der Waals surface area contributed by atoms with Gasteiger partial charge >= 0.3 is 0 Å². The van der Waals surface area contributed by atoms with Gasteiger partial charge < -0.3 is 0 Å². The molecule has 0 fully saturated rings. The first-order valence-electron chi connectivity index (χ1n) is 11.8. The zero-order chi connectivity index (χ0) is 23.2. The highest BCUT2D eigenvalue weighted by Gasteiger charge is 2.16. The minimum atomic E-state index is 0.935. The van der Waals surface area contributed by atoms with Crippen LogP contribution in [0, 0.1) is 0 Å². The predicted octanol–water partition coefficient (Wildman–Crippen LogP) is 8.32. The van der Waals surface area contributed by atoms with Crippen LogP contribution < -0.4 is 0 Å². The maximum Gasteiger partial charge on any atom is 0.0407 e. The number of aryl methyl sites for hydroxylation is 1. The zero-order valence-electron chi connectivity index (χ0n) is 19.4. The van der Waals surface area contributed by atoms with Gasteiger partial charge in [-0.3, -0.25) is 4.98 Å². The number of pyridine rings is 1. The molecular formula is C33H27N. The van der Waals surface area contributed by atoms with E-state index in [2.05, 4.69) is 139 Å². The Morgan fingerprint density at radius 3 is 1.38 bits per heavy atom. The van der Waals surface area contributed by atoms with Crippen LogP contribution in [0.1, 0.15) is 34.9 Å². The van der Waals surface area contributed by atoms with Crippen molar-refractivity contribution in [2.45, 2.75) is 13.3 Å². The fraction of sp³-hybridized carbons (Fsp3) is 0.0606. The summed E-state index contributed by atoms with van der Waals surface area (Å²) in [7, 11) is 0. The van der Waals surface area contributed by atoms with Crippen molar-refractivity contribution in [1.29, 1.82) is 0 Å². The smallest absolute Gasteiger partial charge is 0.0407 e. The van der Waals surface area contributed by atoms with Crippen molar-refractivity contribution in [3.05, 3.63) is 162 Å². The largest absolute Gasteiger partial charge is 0.261 e. The molecule has 1 nitrogen and oxygen atoms in total. The first-order valence-corrected chi connectivity index (χ1v) is 11.8. The molecule has 0 N–H and O–H groups in total. The molecule has 0 unspecified atom stereocenters. The van der Waals surface area contributed by atoms with Crippen molar-refractivity contribution in [3.8, 4) is 11.1 Å². The van der Waals surface area contributed by atoms with E-state index in [9.17, 15) is 0 Å². The summed E-state index contributed by atoms with van der Waals surface area (Å²) in [4.78, 5) is 4.45. The Morgan fingerprint density at radius 1 is 0.500 bits per heavy atom. The van der Waals surface area contributed by atoms with E-state index in [4.69, 9.17) is 0 Å². The topological polar surface area (TPSA) is 12.9 Å². The molecule has 0 atom stereocenters. The van der Waals surface area contributed by atoms with Gasteiger partial charge in [0.2, 0.25) is 0 Å². The lowest BCUT2D eigenvalue weighted by Crippen LogP contribution is -1.97. The quantitative estimate of drug-likeness (QED) is 0.243. The second-order valence-electron chi connectivity index (χ2n) is 8.31. The molecule has 1 aromatic heterocycles. The first kappa shape index (κ1) is 21.6. The van der Waals surface area contributed by atoms with Crippen LogP contribution in [0.15, 0.2) is 134 Å². The minimum Gasteiger partial charge on any atom is -0.261 e. The van der Waals surface area contributed by atoms with E-state index in [1.165, 1.54) is 44.5 Å². The summed E-state index contributed by atoms with van der Waals surface area (Å²) in [5.41, 5.74) is 10.8. The Kier molecular flexibility index (Phi) is 6.45. The van der Waals surface area contributed by atoms with Crippen LogP contribution in [0.3, 0.4) is 0 Å². The molecule has 1 heteroatoms. The summed E-state index contributed by atoms with van der Waals surface area (Å²) >= 11 is 0. The van der Waals surface area contributed by atoms with Crippen LogP contribution >= 0.6 is 0 Å². The summed E-state index contributed by atoms with van der Waals surface area (Å²) < 4.78 is 0. The number of nitrogens with zero attached hydrogens (tertiary/aromatic N) is 1. The lowest BCUT2D eigenvalue weighted by atomic mass is 9.85. The third kappa shape index (κ3) is 4.60. The summed E-state index contributed by atoms with van der Waals surface area (Å²) in [6.07, 6.45) is 2.84. The molecule has 0 saturated carbocycles. The van der Waals surface area contributed by atoms with Gasteiger partial charge in [-0.25, -0.2) is 0 Å². The van der Waals surface area contributed by atoms with Gasteiger partial charge in [-0.1, -0.05) is 122 Å². The zero-order valence-corrected chi connectivity index (χ0v) is 19.4. The van der Waals surface area contributed by atoms with Crippen LogP contribution in [0.5, 0.6) is 0 Å². The number of hydrogen-bond donors (Lipinski definition) is 0. The van der Waals surface area contributed by atoms with E-state index in [1.54, 1.807) is 0 Å². The average Bonchev–Trinajstić information content (AvgIpc) is 2.93. The lowest BCUT2D eigenvalue weighted by Gasteiger charge is -2.18. The maximum absolute atomic E-state index is 4.45. The molecule has 0 amide bonds. The van der Waals surface area contributed by atoms with Crippen molar-refractivity contribution in [2.75, 3.05) is 0 Å². The summed E-state index contributed by atoms with van der Waals surface area (Å²) in [5.74, 6) is 0. The normalized spacial score (nSPS) is 10.6. The highest BCUT2D eigenvalue weighted by atomic mass is 14.7. The van der Waals surface area contributed by atoms with Crippen molar-refractivity contribution >= 4 is 11.1 Å². The van der Waals surface area contributed by atoms with E-state index in [1.807, 2.05) is 6.20 Å². The second kappa shape index (κ2) is 10.1. The van der Waals surface area contributed by atoms with Crippen molar-refractivity contribution < 1.29 is 0 Å². The third-order valence-corrected chi connectivity index (χ3v) is 6.12. The monoisotopic (exact) mass is 437 g/mol. The van der Waals surface area contributed by atoms with Gasteiger partial charge in [0, 0.05) is 11.9 Å². The Labute approximate surface area is 202 Å². The number of aromatic nitrogens is 1. The SMILES string of the molecule is CCc1cc(-c2ccc(C(=C(c3ccccc3)c3ccccc3)c3ccccc3)cc2)ccn1. The average molecular weight is 438 g/mol. The summed E-state index contributed by atoms with van der Waals surface area (Å²) in [5, 5.41) is 0. The molecule has 0 radical (unpaired) electrons. The van der Waals surface area contributed by atoms with E-state index < -0.39 is 0 Å². The molecule has 164 valence electrons. The van der Waals surface area contributed by atoms with Gasteiger partial charge in [-0.2, -0.15) is 0 Å². The van der Waals surface area contributed by atoms with Crippen molar-refractivity contribution in [2.24, 2.45) is 0 Å². The molecular weight excluding hydrogens is 410 g/mol. The summed E-state index contributed by atoms with van der Waals surface area (Å²) in [6, 6.07) is 45.3. The third-order valence-electron chi connectivity index (χ3n) is 6.12. The summed E-state index contributed by atoms with van der Waals surface area (Å²) in [6.45, 7) is 2.14. The van der Waals surface area contributed by atoms with Gasteiger partial charge in [-0.15, -0.1) is 0 Å². The van der Waals surface area contributed by atoms with Gasteiger partial charge in [0.1, 0.15) is 0 Å². The standard InChI is InChI=1S/C33H27N/c1-2-31-24-30(22-23-34-31)25-18-20-29(21-19-25)33(28-16-10-5-11-17-28)32(26-12-6-3-7-13-26)27-14-8-4-9-15-27/h3-24H,2H2,1H3. The molecule has 0 aliphatic heterocycles. The van der Waals surface area contributed by atoms with Crippen LogP contribution in [-0.4, -0.2) is 4.98 Å². The molecule has 5 rings (SSSR count). The minimum absolute atomic E-state index is 0.935. The Hall–Kier alpha value is -4.23. The molecule has 0 saturated heterocycles. The van der Waals surface area contributed by atoms with Gasteiger partial charge in [-0.05, 0) is 63.1 Å². The van der Waals surface area contributed by atoms with Gasteiger partial charge in [0.25, 0.3) is 0 Å². The van der Waals surface area contributed by atoms with E-state index >= 15 is 0 Å². The van der Waals surface area contributed by atoms with Crippen LogP contribution in [-0.2, 0) is 6.42 Å². The number of benzene rings is 4. The Morgan fingerprint density at radius 2 is 0.941 bits per heavy atom. The molecule has 1 heterocycles. The van der Waals surface area contributed by atoms with Crippen LogP contribution in [0.2, 0.25) is 0 Å². The van der Waals surface area contributed by atoms with E-state index in [0.717, 1.165) is 12.1 Å². The number of hydrogen-bond acceptors (Lipinski definition) is 1. The molecule has 5 aromatic rings. The predicted molar refractivity (Wildman–Crippen MR) is 143 cm³/mol. The van der Waals surface area contributed by atoms with Crippen molar-refractivity contribution in [3.63, 3.8) is 0 Å². The molecule has 0 spiro atoms. The molecule has 0 bridgehead atoms. The fourth-order valence-corrected chi connectivity index (χ4v) is 4.41. The van der Waals surface area contributed by atoms with Crippen LogP contribution in [0.25, 0.3) is 22.3 Å². The fourth-order valence-electron chi connectivity index (χ4n) is 4.41. The molecule has 4 aromatic carbocycles. The van der Waals surface area contributed by atoms with E-state index in [-0.39, 0.29) is 0 Å². The number of rotatable bonds is 6.